The first kappa shape index (κ1) is 14.1. The number of hydrogen-bond donors (Lipinski definition) is 1. The summed E-state index contributed by atoms with van der Waals surface area (Å²) in [5.41, 5.74) is 0.352. The second-order valence-electron chi connectivity index (χ2n) is 5.23. The number of carboxylic acid groups (broad SMARTS) is 1. The number of Topliss-reactive ketones (excluding diaryl/α,β-unsaturated/α-hetero) is 1. The molecule has 0 aliphatic carbocycles. The molecule has 0 heterocycles. The van der Waals surface area contributed by atoms with E-state index in [0.29, 0.717) is 11.8 Å². The van der Waals surface area contributed by atoms with Crippen molar-refractivity contribution in [2.24, 2.45) is 5.41 Å². The summed E-state index contributed by atoms with van der Waals surface area (Å²) in [5, 5.41) is 8.37. The van der Waals surface area contributed by atoms with Gasteiger partial charge in [0.2, 0.25) is 0 Å². The monoisotopic (exact) mass is 214 g/mol. The fraction of sp³-hybridized carbons (Fsp3) is 0.833. The van der Waals surface area contributed by atoms with Gasteiger partial charge in [0.25, 0.3) is 0 Å². The molecule has 0 saturated carbocycles. The molecular formula is C12H22O3. The Bertz CT molecular complexity index is 213. The van der Waals surface area contributed by atoms with Crippen LogP contribution in [0.15, 0.2) is 0 Å². The summed E-state index contributed by atoms with van der Waals surface area (Å²) in [4.78, 5) is 21.2. The van der Waals surface area contributed by atoms with Gasteiger partial charge in [-0.3, -0.25) is 9.59 Å². The molecule has 1 N–H and O–H groups in total. The summed E-state index contributed by atoms with van der Waals surface area (Å²) in [6, 6.07) is 0. The Morgan fingerprint density at radius 1 is 1.07 bits per heavy atom. The van der Waals surface area contributed by atoms with Gasteiger partial charge in [0.05, 0.1) is 0 Å². The quantitative estimate of drug-likeness (QED) is 0.523. The Labute approximate surface area is 91.9 Å². The van der Waals surface area contributed by atoms with E-state index in [2.05, 4.69) is 20.8 Å². The molecule has 0 unspecified atom stereocenters. The van der Waals surface area contributed by atoms with Crippen LogP contribution in [0.5, 0.6) is 0 Å². The molecule has 0 aliphatic rings. The Hall–Kier alpha value is -0.860. The number of hydrogen-bond acceptors (Lipinski definition) is 2. The third kappa shape index (κ3) is 11.1. The normalized spacial score (nSPS) is 11.4. The van der Waals surface area contributed by atoms with E-state index in [0.717, 1.165) is 25.7 Å². The maximum atomic E-state index is 11.0. The molecule has 0 fully saturated rings. The fourth-order valence-electron chi connectivity index (χ4n) is 1.41. The van der Waals surface area contributed by atoms with Crippen molar-refractivity contribution in [3.05, 3.63) is 0 Å². The van der Waals surface area contributed by atoms with E-state index in [9.17, 15) is 9.59 Å². The average molecular weight is 214 g/mol. The molecule has 88 valence electrons. The standard InChI is InChI=1S/C12H22O3/c1-12(2,3)8-6-4-5-7-10(13)9-11(14)15/h4-9H2,1-3H3,(H,14,15). The number of rotatable bonds is 7. The molecular weight excluding hydrogens is 192 g/mol. The highest BCUT2D eigenvalue weighted by Gasteiger charge is 2.10. The highest BCUT2D eigenvalue weighted by molar-refractivity contribution is 5.94. The van der Waals surface area contributed by atoms with Gasteiger partial charge in [0, 0.05) is 6.42 Å². The third-order valence-corrected chi connectivity index (χ3v) is 2.23. The number of aliphatic carboxylic acids is 1. The van der Waals surface area contributed by atoms with Crippen LogP contribution in [-0.2, 0) is 9.59 Å². The summed E-state index contributed by atoms with van der Waals surface area (Å²) >= 11 is 0. The molecule has 0 aliphatic heterocycles. The van der Waals surface area contributed by atoms with Crippen LogP contribution in [0.3, 0.4) is 0 Å². The van der Waals surface area contributed by atoms with Crippen molar-refractivity contribution in [2.45, 2.75) is 59.3 Å². The minimum absolute atomic E-state index is 0.154. The lowest BCUT2D eigenvalue weighted by atomic mass is 9.89. The lowest BCUT2D eigenvalue weighted by Crippen LogP contribution is -2.07. The molecule has 0 radical (unpaired) electrons. The second-order valence-corrected chi connectivity index (χ2v) is 5.23. The van der Waals surface area contributed by atoms with E-state index in [1.54, 1.807) is 0 Å². The number of carboxylic acids is 1. The topological polar surface area (TPSA) is 54.4 Å². The fourth-order valence-corrected chi connectivity index (χ4v) is 1.41. The van der Waals surface area contributed by atoms with Gasteiger partial charge in [-0.05, 0) is 18.3 Å². The van der Waals surface area contributed by atoms with Gasteiger partial charge in [-0.15, -0.1) is 0 Å². The second kappa shape index (κ2) is 6.59. The summed E-state index contributed by atoms with van der Waals surface area (Å²) < 4.78 is 0. The van der Waals surface area contributed by atoms with E-state index in [1.165, 1.54) is 0 Å². The molecule has 15 heavy (non-hydrogen) atoms. The SMILES string of the molecule is CC(C)(C)CCCCCC(=O)CC(=O)O. The van der Waals surface area contributed by atoms with Crippen LogP contribution in [0, 0.1) is 5.41 Å². The first-order valence-corrected chi connectivity index (χ1v) is 5.55. The van der Waals surface area contributed by atoms with Gasteiger partial charge in [-0.25, -0.2) is 0 Å². The third-order valence-electron chi connectivity index (χ3n) is 2.23. The predicted octanol–water partition coefficient (Wildman–Crippen LogP) is 3.03. The molecule has 0 saturated heterocycles. The first-order chi connectivity index (χ1) is 6.81. The zero-order valence-electron chi connectivity index (χ0n) is 10.0. The molecule has 0 atom stereocenters. The largest absolute Gasteiger partial charge is 0.481 e. The Morgan fingerprint density at radius 2 is 1.67 bits per heavy atom. The van der Waals surface area contributed by atoms with Crippen molar-refractivity contribution >= 4 is 11.8 Å². The lowest BCUT2D eigenvalue weighted by molar-refractivity contribution is -0.140. The van der Waals surface area contributed by atoms with Crippen molar-refractivity contribution in [1.82, 2.24) is 0 Å². The minimum atomic E-state index is -1.02. The predicted molar refractivity (Wildman–Crippen MR) is 59.8 cm³/mol. The van der Waals surface area contributed by atoms with Crippen LogP contribution in [0.25, 0.3) is 0 Å². The zero-order valence-corrected chi connectivity index (χ0v) is 10.0. The number of carbonyl (C=O) groups is 2. The van der Waals surface area contributed by atoms with Gasteiger partial charge in [0.1, 0.15) is 12.2 Å². The van der Waals surface area contributed by atoms with Crippen molar-refractivity contribution in [2.75, 3.05) is 0 Å². The number of ketones is 1. The zero-order chi connectivity index (χ0) is 11.9. The van der Waals surface area contributed by atoms with Gasteiger partial charge >= 0.3 is 5.97 Å². The summed E-state index contributed by atoms with van der Waals surface area (Å²) in [7, 11) is 0. The van der Waals surface area contributed by atoms with Gasteiger partial charge in [-0.2, -0.15) is 0 Å². The molecule has 0 rings (SSSR count). The van der Waals surface area contributed by atoms with Crippen LogP contribution < -0.4 is 0 Å². The molecule has 0 spiro atoms. The van der Waals surface area contributed by atoms with Gasteiger partial charge < -0.3 is 5.11 Å². The van der Waals surface area contributed by atoms with Crippen molar-refractivity contribution in [3.63, 3.8) is 0 Å². The molecule has 0 aromatic heterocycles. The van der Waals surface area contributed by atoms with Crippen LogP contribution in [-0.4, -0.2) is 16.9 Å². The van der Waals surface area contributed by atoms with E-state index < -0.39 is 5.97 Å². The highest BCUT2D eigenvalue weighted by Crippen LogP contribution is 2.22. The van der Waals surface area contributed by atoms with Gasteiger partial charge in [-0.1, -0.05) is 33.6 Å². The summed E-state index contributed by atoms with van der Waals surface area (Å²) in [6.07, 6.45) is 4.20. The van der Waals surface area contributed by atoms with E-state index in [4.69, 9.17) is 5.11 Å². The van der Waals surface area contributed by atoms with Crippen LogP contribution in [0.1, 0.15) is 59.3 Å². The van der Waals surface area contributed by atoms with Crippen molar-refractivity contribution in [3.8, 4) is 0 Å². The Kier molecular flexibility index (Phi) is 6.21. The first-order valence-electron chi connectivity index (χ1n) is 5.55. The summed E-state index contributed by atoms with van der Waals surface area (Å²) in [5.74, 6) is -1.17. The molecule has 0 aromatic carbocycles. The maximum absolute atomic E-state index is 11.0. The van der Waals surface area contributed by atoms with E-state index in [-0.39, 0.29) is 12.2 Å². The van der Waals surface area contributed by atoms with Crippen LogP contribution >= 0.6 is 0 Å². The molecule has 3 nitrogen and oxygen atoms in total. The van der Waals surface area contributed by atoms with Crippen molar-refractivity contribution in [1.29, 1.82) is 0 Å². The molecule has 3 heteroatoms. The average Bonchev–Trinajstić information content (AvgIpc) is 1.99. The molecule has 0 amide bonds. The highest BCUT2D eigenvalue weighted by atomic mass is 16.4. The Morgan fingerprint density at radius 3 is 2.13 bits per heavy atom. The molecule has 0 aromatic rings. The van der Waals surface area contributed by atoms with E-state index >= 15 is 0 Å². The van der Waals surface area contributed by atoms with Crippen LogP contribution in [0.2, 0.25) is 0 Å². The van der Waals surface area contributed by atoms with Gasteiger partial charge in [0.15, 0.2) is 0 Å². The van der Waals surface area contributed by atoms with Crippen LogP contribution in [0.4, 0.5) is 0 Å². The van der Waals surface area contributed by atoms with Crippen molar-refractivity contribution < 1.29 is 14.7 Å². The number of unbranched alkanes of at least 4 members (excludes halogenated alkanes) is 2. The Balaban J connectivity index is 3.39. The maximum Gasteiger partial charge on any atom is 0.310 e. The number of carbonyl (C=O) groups excluding carboxylic acids is 1. The lowest BCUT2D eigenvalue weighted by Gasteiger charge is -2.17. The minimum Gasteiger partial charge on any atom is -0.481 e. The van der Waals surface area contributed by atoms with E-state index in [1.807, 2.05) is 0 Å². The summed E-state index contributed by atoms with van der Waals surface area (Å²) in [6.45, 7) is 6.59. The smallest absolute Gasteiger partial charge is 0.310 e. The molecule has 0 bridgehead atoms.